The summed E-state index contributed by atoms with van der Waals surface area (Å²) in [4.78, 5) is 11.7. The molecule has 0 saturated heterocycles. The molecule has 0 spiro atoms. The van der Waals surface area contributed by atoms with Gasteiger partial charge in [0.1, 0.15) is 0 Å². The molecule has 0 saturated carbocycles. The Hall–Kier alpha value is -1.06. The molecule has 0 atom stereocenters. The van der Waals surface area contributed by atoms with E-state index in [2.05, 4.69) is 10.6 Å². The third-order valence-electron chi connectivity index (χ3n) is 2.60. The first-order chi connectivity index (χ1) is 7.95. The third kappa shape index (κ3) is 4.36. The van der Waals surface area contributed by atoms with Crippen LogP contribution < -0.4 is 10.6 Å². The largest absolute Gasteiger partial charge is 0.347 e. The van der Waals surface area contributed by atoms with Gasteiger partial charge in [-0.2, -0.15) is 0 Å². The van der Waals surface area contributed by atoms with E-state index in [1.807, 2.05) is 45.2 Å². The Bertz CT molecular complexity index is 391. The number of benzene rings is 1. The standard InChI is InChI=1S/C13H19ClN2O/c1-13(2,16-12(17)7-8-15-3)10-5-4-6-11(14)9-10/h4-6,9,15H,7-8H2,1-3H3,(H,16,17). The number of nitrogens with one attached hydrogen (secondary N) is 2. The van der Waals surface area contributed by atoms with Crippen molar-refractivity contribution in [3.05, 3.63) is 34.9 Å². The summed E-state index contributed by atoms with van der Waals surface area (Å²) in [5.41, 5.74) is 0.596. The predicted octanol–water partition coefficient (Wildman–Crippen LogP) is 2.30. The Balaban J connectivity index is 2.71. The van der Waals surface area contributed by atoms with Gasteiger partial charge in [-0.25, -0.2) is 0 Å². The van der Waals surface area contributed by atoms with Crippen LogP contribution in [0.5, 0.6) is 0 Å². The van der Waals surface area contributed by atoms with Crippen LogP contribution in [-0.4, -0.2) is 19.5 Å². The topological polar surface area (TPSA) is 41.1 Å². The van der Waals surface area contributed by atoms with Gasteiger partial charge in [0.05, 0.1) is 5.54 Å². The van der Waals surface area contributed by atoms with E-state index in [-0.39, 0.29) is 5.91 Å². The lowest BCUT2D eigenvalue weighted by Crippen LogP contribution is -2.41. The summed E-state index contributed by atoms with van der Waals surface area (Å²) >= 11 is 5.95. The SMILES string of the molecule is CNCCC(=O)NC(C)(C)c1cccc(Cl)c1. The Morgan fingerprint density at radius 1 is 1.41 bits per heavy atom. The summed E-state index contributed by atoms with van der Waals surface area (Å²) in [6.45, 7) is 4.61. The van der Waals surface area contributed by atoms with Crippen molar-refractivity contribution in [1.82, 2.24) is 10.6 Å². The zero-order chi connectivity index (χ0) is 12.9. The van der Waals surface area contributed by atoms with E-state index in [9.17, 15) is 4.79 Å². The molecule has 94 valence electrons. The maximum Gasteiger partial charge on any atom is 0.221 e. The van der Waals surface area contributed by atoms with Crippen LogP contribution in [0.1, 0.15) is 25.8 Å². The summed E-state index contributed by atoms with van der Waals surface area (Å²) < 4.78 is 0. The van der Waals surface area contributed by atoms with Gasteiger partial charge in [0.2, 0.25) is 5.91 Å². The Kier molecular flexibility index (Phi) is 4.97. The quantitative estimate of drug-likeness (QED) is 0.847. The van der Waals surface area contributed by atoms with Crippen LogP contribution >= 0.6 is 11.6 Å². The number of hydrogen-bond donors (Lipinski definition) is 2. The van der Waals surface area contributed by atoms with E-state index in [4.69, 9.17) is 11.6 Å². The van der Waals surface area contributed by atoms with Crippen molar-refractivity contribution < 1.29 is 4.79 Å². The molecule has 0 radical (unpaired) electrons. The van der Waals surface area contributed by atoms with Crippen LogP contribution in [0.25, 0.3) is 0 Å². The summed E-state index contributed by atoms with van der Waals surface area (Å²) in [5, 5.41) is 6.63. The van der Waals surface area contributed by atoms with Gasteiger partial charge in [-0.05, 0) is 38.6 Å². The highest BCUT2D eigenvalue weighted by molar-refractivity contribution is 6.30. The number of rotatable bonds is 5. The Morgan fingerprint density at radius 3 is 2.71 bits per heavy atom. The van der Waals surface area contributed by atoms with Gasteiger partial charge in [-0.15, -0.1) is 0 Å². The molecule has 0 unspecified atom stereocenters. The molecule has 3 nitrogen and oxygen atoms in total. The van der Waals surface area contributed by atoms with Crippen LogP contribution in [0.2, 0.25) is 5.02 Å². The Morgan fingerprint density at radius 2 is 2.12 bits per heavy atom. The zero-order valence-electron chi connectivity index (χ0n) is 10.5. The molecule has 0 bridgehead atoms. The highest BCUT2D eigenvalue weighted by Crippen LogP contribution is 2.22. The Labute approximate surface area is 108 Å². The van der Waals surface area contributed by atoms with Crippen molar-refractivity contribution in [3.8, 4) is 0 Å². The lowest BCUT2D eigenvalue weighted by atomic mass is 9.94. The van der Waals surface area contributed by atoms with Crippen LogP contribution in [0, 0.1) is 0 Å². The van der Waals surface area contributed by atoms with E-state index in [1.54, 1.807) is 0 Å². The van der Waals surface area contributed by atoms with E-state index < -0.39 is 5.54 Å². The lowest BCUT2D eigenvalue weighted by Gasteiger charge is -2.27. The van der Waals surface area contributed by atoms with Gasteiger partial charge in [-0.3, -0.25) is 4.79 Å². The second-order valence-corrected chi connectivity index (χ2v) is 4.97. The predicted molar refractivity (Wildman–Crippen MR) is 71.2 cm³/mol. The molecule has 0 aliphatic rings. The number of amides is 1. The van der Waals surface area contributed by atoms with E-state index >= 15 is 0 Å². The highest BCUT2D eigenvalue weighted by atomic mass is 35.5. The molecule has 0 heterocycles. The van der Waals surface area contributed by atoms with Crippen LogP contribution in [0.3, 0.4) is 0 Å². The normalized spacial score (nSPS) is 11.3. The van der Waals surface area contributed by atoms with Crippen LogP contribution in [0.4, 0.5) is 0 Å². The second kappa shape index (κ2) is 6.03. The average molecular weight is 255 g/mol. The number of halogens is 1. The lowest BCUT2D eigenvalue weighted by molar-refractivity contribution is -0.122. The van der Waals surface area contributed by atoms with Crippen molar-refractivity contribution in [2.45, 2.75) is 25.8 Å². The number of carbonyl (C=O) groups is 1. The second-order valence-electron chi connectivity index (χ2n) is 4.54. The molecular formula is C13H19ClN2O. The summed E-state index contributed by atoms with van der Waals surface area (Å²) in [7, 11) is 1.83. The smallest absolute Gasteiger partial charge is 0.221 e. The molecule has 0 aliphatic carbocycles. The zero-order valence-corrected chi connectivity index (χ0v) is 11.3. The molecule has 0 fully saturated rings. The minimum Gasteiger partial charge on any atom is -0.347 e. The average Bonchev–Trinajstić information content (AvgIpc) is 2.26. The molecular weight excluding hydrogens is 236 g/mol. The van der Waals surface area contributed by atoms with Gasteiger partial charge >= 0.3 is 0 Å². The molecule has 17 heavy (non-hydrogen) atoms. The van der Waals surface area contributed by atoms with Crippen molar-refractivity contribution in [1.29, 1.82) is 0 Å². The fraction of sp³-hybridized carbons (Fsp3) is 0.462. The maximum atomic E-state index is 11.7. The molecule has 2 N–H and O–H groups in total. The van der Waals surface area contributed by atoms with Crippen molar-refractivity contribution in [3.63, 3.8) is 0 Å². The van der Waals surface area contributed by atoms with Crippen molar-refractivity contribution >= 4 is 17.5 Å². The summed E-state index contributed by atoms with van der Waals surface area (Å²) in [6, 6.07) is 7.55. The minimum atomic E-state index is -0.407. The number of carbonyl (C=O) groups excluding carboxylic acids is 1. The van der Waals surface area contributed by atoms with Gasteiger partial charge in [0.25, 0.3) is 0 Å². The summed E-state index contributed by atoms with van der Waals surface area (Å²) in [5.74, 6) is 0.0318. The monoisotopic (exact) mass is 254 g/mol. The van der Waals surface area contributed by atoms with Crippen molar-refractivity contribution in [2.24, 2.45) is 0 Å². The molecule has 0 aromatic heterocycles. The number of hydrogen-bond acceptors (Lipinski definition) is 2. The van der Waals surface area contributed by atoms with Gasteiger partial charge in [0, 0.05) is 18.0 Å². The molecule has 1 amide bonds. The van der Waals surface area contributed by atoms with E-state index in [1.165, 1.54) is 0 Å². The fourth-order valence-corrected chi connectivity index (χ4v) is 1.79. The first-order valence-corrected chi connectivity index (χ1v) is 6.05. The van der Waals surface area contributed by atoms with Gasteiger partial charge < -0.3 is 10.6 Å². The third-order valence-corrected chi connectivity index (χ3v) is 2.84. The summed E-state index contributed by atoms with van der Waals surface area (Å²) in [6.07, 6.45) is 0.473. The molecule has 0 aliphatic heterocycles. The molecule has 1 aromatic carbocycles. The van der Waals surface area contributed by atoms with Crippen LogP contribution in [-0.2, 0) is 10.3 Å². The first kappa shape index (κ1) is 14.0. The van der Waals surface area contributed by atoms with Gasteiger partial charge in [-0.1, -0.05) is 23.7 Å². The van der Waals surface area contributed by atoms with Crippen molar-refractivity contribution in [2.75, 3.05) is 13.6 Å². The first-order valence-electron chi connectivity index (χ1n) is 5.67. The minimum absolute atomic E-state index is 0.0318. The molecule has 4 heteroatoms. The maximum absolute atomic E-state index is 11.7. The fourth-order valence-electron chi connectivity index (χ4n) is 1.60. The highest BCUT2D eigenvalue weighted by Gasteiger charge is 2.22. The van der Waals surface area contributed by atoms with Crippen LogP contribution in [0.15, 0.2) is 24.3 Å². The molecule has 1 rings (SSSR count). The van der Waals surface area contributed by atoms with Gasteiger partial charge in [0.15, 0.2) is 0 Å². The van der Waals surface area contributed by atoms with E-state index in [0.717, 1.165) is 5.56 Å². The van der Waals surface area contributed by atoms with E-state index in [0.29, 0.717) is 18.0 Å². The molecule has 1 aromatic rings.